The number of allylic oxidation sites excluding steroid dienone is 4. The fourth-order valence-corrected chi connectivity index (χ4v) is 3.14. The van der Waals surface area contributed by atoms with Crippen LogP contribution in [0.15, 0.2) is 46.6 Å². The topological polar surface area (TPSA) is 36.9 Å². The minimum Gasteiger partial charge on any atom is -0.347 e. The third kappa shape index (κ3) is 13.9. The first-order valence-corrected chi connectivity index (χ1v) is 10.4. The highest BCUT2D eigenvalue weighted by Gasteiger charge is 2.45. The average molecular weight is 369 g/mol. The molecule has 5 heteroatoms. The highest BCUT2D eigenvalue weighted by Crippen LogP contribution is 2.14. The molecule has 0 aliphatic carbocycles. The molecule has 0 fully saturated rings. The van der Waals surface area contributed by atoms with Gasteiger partial charge in [-0.15, -0.1) is 0 Å². The van der Waals surface area contributed by atoms with Crippen molar-refractivity contribution in [2.24, 2.45) is 0 Å². The van der Waals surface area contributed by atoms with Crippen molar-refractivity contribution < 1.29 is 17.7 Å². The average Bonchev–Trinajstić information content (AvgIpc) is 2.45. The summed E-state index contributed by atoms with van der Waals surface area (Å²) >= 11 is 0. The Labute approximate surface area is 155 Å². The largest absolute Gasteiger partial charge is 0.680 e. The molecule has 25 heavy (non-hydrogen) atoms. The molecule has 0 aliphatic rings. The lowest BCUT2D eigenvalue weighted by atomic mass is 10.3. The molecule has 0 aromatic rings. The first-order chi connectivity index (χ1) is 11.7. The molecule has 0 heterocycles. The van der Waals surface area contributed by atoms with Gasteiger partial charge in [-0.25, -0.2) is 0 Å². The van der Waals surface area contributed by atoms with Crippen molar-refractivity contribution in [3.8, 4) is 0 Å². The summed E-state index contributed by atoms with van der Waals surface area (Å²) in [5.74, 6) is 0. The van der Waals surface area contributed by atoms with Crippen LogP contribution in [0.2, 0.25) is 0 Å². The summed E-state index contributed by atoms with van der Waals surface area (Å²) in [6.45, 7) is 17.9. The van der Waals surface area contributed by atoms with Crippen molar-refractivity contribution in [3.63, 3.8) is 0 Å². The van der Waals surface area contributed by atoms with Gasteiger partial charge in [0.15, 0.2) is 0 Å². The maximum atomic E-state index is 5.99. The lowest BCUT2D eigenvalue weighted by molar-refractivity contribution is -0.0121. The van der Waals surface area contributed by atoms with E-state index in [1.165, 1.54) is 22.3 Å². The first kappa shape index (κ1) is 24.0. The Kier molecular flexibility index (Phi) is 12.7. The highest BCUT2D eigenvalue weighted by molar-refractivity contribution is 6.53. The van der Waals surface area contributed by atoms with E-state index in [1.54, 1.807) is 0 Å². The Hall–Kier alpha value is -0.983. The second kappa shape index (κ2) is 13.3. The van der Waals surface area contributed by atoms with E-state index in [1.807, 2.05) is 79.7 Å². The van der Waals surface area contributed by atoms with Crippen LogP contribution in [0.4, 0.5) is 0 Å². The van der Waals surface area contributed by atoms with Crippen molar-refractivity contribution >= 4 is 9.05 Å². The third-order valence-electron chi connectivity index (χ3n) is 3.01. The fourth-order valence-electron chi connectivity index (χ4n) is 1.49. The van der Waals surface area contributed by atoms with Crippen LogP contribution in [0.1, 0.15) is 55.4 Å². The molecule has 0 N–H and O–H groups in total. The molecule has 0 aromatic carbocycles. The molecule has 4 nitrogen and oxygen atoms in total. The number of hydrogen-bond donors (Lipinski definition) is 0. The van der Waals surface area contributed by atoms with E-state index < -0.39 is 9.05 Å². The predicted octanol–water partition coefficient (Wildman–Crippen LogP) is 5.35. The van der Waals surface area contributed by atoms with Crippen LogP contribution < -0.4 is 0 Å². The number of rotatable bonds is 12. The lowest BCUT2D eigenvalue weighted by Crippen LogP contribution is -2.49. The number of hydrogen-bond acceptors (Lipinski definition) is 4. The molecule has 144 valence electrons. The van der Waals surface area contributed by atoms with Crippen LogP contribution in [-0.4, -0.2) is 35.5 Å². The summed E-state index contributed by atoms with van der Waals surface area (Å²) in [5, 5.41) is 0. The molecule has 0 spiro atoms. The molecule has 0 bridgehead atoms. The summed E-state index contributed by atoms with van der Waals surface area (Å²) in [5.41, 5.74) is 4.73. The molecular weight excluding hydrogens is 332 g/mol. The van der Waals surface area contributed by atoms with Gasteiger partial charge in [-0.3, -0.25) is 0 Å². The molecule has 0 saturated carbocycles. The smallest absolute Gasteiger partial charge is 0.347 e. The van der Waals surface area contributed by atoms with Gasteiger partial charge in [0.2, 0.25) is 0 Å². The third-order valence-corrected chi connectivity index (χ3v) is 5.09. The van der Waals surface area contributed by atoms with Gasteiger partial charge in [-0.05, 0) is 55.4 Å². The second-order valence-corrected chi connectivity index (χ2v) is 9.02. The molecule has 0 amide bonds. The van der Waals surface area contributed by atoms with Gasteiger partial charge >= 0.3 is 9.05 Å². The van der Waals surface area contributed by atoms with Crippen molar-refractivity contribution in [1.29, 1.82) is 0 Å². The SMILES string of the molecule is CC(C)=CCO[Si](OCC=C(C)C)(OCC=C(C)C)OCC=C(C)C. The monoisotopic (exact) mass is 368 g/mol. The fraction of sp³-hybridized carbons (Fsp3) is 0.600. The lowest BCUT2D eigenvalue weighted by Gasteiger charge is -2.27. The standard InChI is InChI=1S/C20H36O4Si/c1-17(2)9-13-21-25(22-14-10-18(3)4,23-15-11-19(5)6)24-16-12-20(7)8/h9-12H,13-16H2,1-8H3. The minimum absolute atomic E-state index is 0.410. The van der Waals surface area contributed by atoms with E-state index >= 15 is 0 Å². The zero-order valence-electron chi connectivity index (χ0n) is 17.3. The molecule has 0 unspecified atom stereocenters. The van der Waals surface area contributed by atoms with E-state index in [0.29, 0.717) is 26.4 Å². The van der Waals surface area contributed by atoms with Gasteiger partial charge in [0.05, 0.1) is 26.4 Å². The predicted molar refractivity (Wildman–Crippen MR) is 107 cm³/mol. The van der Waals surface area contributed by atoms with Crippen LogP contribution >= 0.6 is 0 Å². The summed E-state index contributed by atoms with van der Waals surface area (Å²) < 4.78 is 24.0. The zero-order valence-corrected chi connectivity index (χ0v) is 18.3. The van der Waals surface area contributed by atoms with Crippen molar-refractivity contribution in [3.05, 3.63) is 46.6 Å². The molecular formula is C20H36O4Si. The van der Waals surface area contributed by atoms with Gasteiger partial charge in [0, 0.05) is 0 Å². The molecule has 0 radical (unpaired) electrons. The van der Waals surface area contributed by atoms with Crippen molar-refractivity contribution in [1.82, 2.24) is 0 Å². The van der Waals surface area contributed by atoms with Gasteiger partial charge in [0.1, 0.15) is 0 Å². The van der Waals surface area contributed by atoms with Gasteiger partial charge in [-0.1, -0.05) is 46.6 Å². The summed E-state index contributed by atoms with van der Waals surface area (Å²) in [4.78, 5) is 0. The van der Waals surface area contributed by atoms with Crippen LogP contribution in [-0.2, 0) is 17.7 Å². The Morgan fingerprint density at radius 1 is 0.480 bits per heavy atom. The molecule has 0 aromatic heterocycles. The van der Waals surface area contributed by atoms with E-state index in [2.05, 4.69) is 0 Å². The molecule has 0 aliphatic heterocycles. The van der Waals surface area contributed by atoms with E-state index in [9.17, 15) is 0 Å². The van der Waals surface area contributed by atoms with E-state index in [0.717, 1.165) is 0 Å². The summed E-state index contributed by atoms with van der Waals surface area (Å²) in [6, 6.07) is 0. The zero-order chi connectivity index (χ0) is 19.3. The van der Waals surface area contributed by atoms with E-state index in [4.69, 9.17) is 17.7 Å². The van der Waals surface area contributed by atoms with E-state index in [-0.39, 0.29) is 0 Å². The van der Waals surface area contributed by atoms with Gasteiger partial charge in [0.25, 0.3) is 0 Å². The molecule has 0 rings (SSSR count). The molecule has 0 saturated heterocycles. The Morgan fingerprint density at radius 3 is 0.840 bits per heavy atom. The van der Waals surface area contributed by atoms with Crippen molar-refractivity contribution in [2.75, 3.05) is 26.4 Å². The second-order valence-electron chi connectivity index (χ2n) is 6.87. The quantitative estimate of drug-likeness (QED) is 0.343. The highest BCUT2D eigenvalue weighted by atomic mass is 28.4. The first-order valence-electron chi connectivity index (χ1n) is 8.76. The Bertz CT molecular complexity index is 394. The van der Waals surface area contributed by atoms with Gasteiger partial charge < -0.3 is 17.7 Å². The maximum Gasteiger partial charge on any atom is 0.680 e. The van der Waals surface area contributed by atoms with Gasteiger partial charge in [-0.2, -0.15) is 0 Å². The molecule has 0 atom stereocenters. The van der Waals surface area contributed by atoms with Crippen LogP contribution in [0.25, 0.3) is 0 Å². The maximum absolute atomic E-state index is 5.99. The Balaban J connectivity index is 5.24. The van der Waals surface area contributed by atoms with Crippen LogP contribution in [0.5, 0.6) is 0 Å². The Morgan fingerprint density at radius 2 is 0.680 bits per heavy atom. The summed E-state index contributed by atoms with van der Waals surface area (Å²) in [6.07, 6.45) is 8.00. The van der Waals surface area contributed by atoms with Crippen molar-refractivity contribution in [2.45, 2.75) is 55.4 Å². The summed E-state index contributed by atoms with van der Waals surface area (Å²) in [7, 11) is -3.24. The van der Waals surface area contributed by atoms with Crippen LogP contribution in [0, 0.1) is 0 Å². The normalized spacial score (nSPS) is 10.9. The van der Waals surface area contributed by atoms with Crippen LogP contribution in [0.3, 0.4) is 0 Å². The minimum atomic E-state index is -3.24.